The van der Waals surface area contributed by atoms with Crippen molar-refractivity contribution in [2.75, 3.05) is 5.73 Å². The van der Waals surface area contributed by atoms with Crippen molar-refractivity contribution in [3.05, 3.63) is 6.33 Å². The minimum absolute atomic E-state index is 0.0830. The number of rotatable bonds is 3. The first-order valence-electron chi connectivity index (χ1n) is 4.44. The smallest absolute Gasteiger partial charge is 0.316 e. The highest BCUT2D eigenvalue weighted by Crippen LogP contribution is 2.27. The Hall–Kier alpha value is -1.83. The lowest BCUT2D eigenvalue weighted by Crippen LogP contribution is -2.12. The zero-order chi connectivity index (χ0) is 11.7. The summed E-state index contributed by atoms with van der Waals surface area (Å²) in [5, 5.41) is 8.70. The predicted octanol–water partition coefficient (Wildman–Crippen LogP) is 0.500. The number of aromatic nitrogens is 4. The Bertz CT molecular complexity index is 540. The SMILES string of the molecule is C[C@@H](Sc1nc(N)nc2nc[nH]c12)C(=O)O. The lowest BCUT2D eigenvalue weighted by Gasteiger charge is -2.05. The summed E-state index contributed by atoms with van der Waals surface area (Å²) in [5.74, 6) is -0.825. The number of imidazole rings is 1. The van der Waals surface area contributed by atoms with E-state index in [9.17, 15) is 4.79 Å². The second-order valence-corrected chi connectivity index (χ2v) is 4.42. The van der Waals surface area contributed by atoms with E-state index >= 15 is 0 Å². The van der Waals surface area contributed by atoms with Gasteiger partial charge in [0.05, 0.1) is 6.33 Å². The average Bonchev–Trinajstić information content (AvgIpc) is 2.65. The molecule has 84 valence electrons. The molecule has 0 aliphatic carbocycles. The molecule has 0 amide bonds. The molecule has 0 aliphatic rings. The van der Waals surface area contributed by atoms with E-state index in [0.717, 1.165) is 11.8 Å². The molecule has 0 fully saturated rings. The summed E-state index contributed by atoms with van der Waals surface area (Å²) < 4.78 is 0. The van der Waals surface area contributed by atoms with Gasteiger partial charge in [-0.1, -0.05) is 11.8 Å². The van der Waals surface area contributed by atoms with Gasteiger partial charge in [-0.15, -0.1) is 0 Å². The molecule has 0 radical (unpaired) electrons. The van der Waals surface area contributed by atoms with Crippen LogP contribution in [0.3, 0.4) is 0 Å². The van der Waals surface area contributed by atoms with Gasteiger partial charge in [0.15, 0.2) is 5.65 Å². The van der Waals surface area contributed by atoms with Crippen molar-refractivity contribution < 1.29 is 9.90 Å². The zero-order valence-electron chi connectivity index (χ0n) is 8.34. The summed E-state index contributed by atoms with van der Waals surface area (Å²) in [6, 6.07) is 0. The van der Waals surface area contributed by atoms with Crippen LogP contribution in [0.1, 0.15) is 6.92 Å². The lowest BCUT2D eigenvalue weighted by atomic mass is 10.5. The minimum Gasteiger partial charge on any atom is -0.480 e. The Morgan fingerprint density at radius 2 is 2.38 bits per heavy atom. The number of H-pyrrole nitrogens is 1. The lowest BCUT2D eigenvalue weighted by molar-refractivity contribution is -0.136. The number of aliphatic carboxylic acids is 1. The van der Waals surface area contributed by atoms with Gasteiger partial charge >= 0.3 is 5.97 Å². The zero-order valence-corrected chi connectivity index (χ0v) is 9.15. The Kier molecular flexibility index (Phi) is 2.65. The molecule has 2 rings (SSSR count). The van der Waals surface area contributed by atoms with Gasteiger partial charge in [0.25, 0.3) is 0 Å². The molecule has 8 heteroatoms. The van der Waals surface area contributed by atoms with Crippen LogP contribution in [0.4, 0.5) is 5.95 Å². The third-order valence-corrected chi connectivity index (χ3v) is 2.98. The Labute approximate surface area is 94.5 Å². The van der Waals surface area contributed by atoms with Gasteiger partial charge in [0, 0.05) is 0 Å². The van der Waals surface area contributed by atoms with Crippen molar-refractivity contribution in [2.45, 2.75) is 17.2 Å². The summed E-state index contributed by atoms with van der Waals surface area (Å²) in [4.78, 5) is 25.4. The topological polar surface area (TPSA) is 118 Å². The van der Waals surface area contributed by atoms with Crippen LogP contribution in [-0.2, 0) is 4.79 Å². The summed E-state index contributed by atoms with van der Waals surface area (Å²) in [6.07, 6.45) is 1.47. The highest BCUT2D eigenvalue weighted by Gasteiger charge is 2.17. The molecule has 7 nitrogen and oxygen atoms in total. The normalized spacial score (nSPS) is 12.8. The van der Waals surface area contributed by atoms with Crippen LogP contribution in [-0.4, -0.2) is 36.3 Å². The van der Waals surface area contributed by atoms with Crippen molar-refractivity contribution >= 4 is 34.8 Å². The van der Waals surface area contributed by atoms with E-state index in [2.05, 4.69) is 19.9 Å². The molecule has 0 bridgehead atoms. The van der Waals surface area contributed by atoms with E-state index in [1.807, 2.05) is 0 Å². The number of thioether (sulfide) groups is 1. The van der Waals surface area contributed by atoms with E-state index < -0.39 is 11.2 Å². The van der Waals surface area contributed by atoms with Crippen LogP contribution >= 0.6 is 11.8 Å². The molecule has 0 saturated carbocycles. The molecule has 4 N–H and O–H groups in total. The molecule has 1 atom stereocenters. The van der Waals surface area contributed by atoms with Crippen molar-refractivity contribution in [3.63, 3.8) is 0 Å². The second-order valence-electron chi connectivity index (χ2n) is 3.09. The molecule has 0 aromatic carbocycles. The monoisotopic (exact) mass is 239 g/mol. The van der Waals surface area contributed by atoms with Crippen LogP contribution in [0, 0.1) is 0 Å². The minimum atomic E-state index is -0.908. The van der Waals surface area contributed by atoms with Gasteiger partial charge in [-0.05, 0) is 6.92 Å². The molecule has 16 heavy (non-hydrogen) atoms. The number of nitrogen functional groups attached to an aromatic ring is 1. The number of nitrogens with zero attached hydrogens (tertiary/aromatic N) is 3. The third kappa shape index (κ3) is 1.91. The third-order valence-electron chi connectivity index (χ3n) is 1.91. The summed E-state index contributed by atoms with van der Waals surface area (Å²) >= 11 is 1.10. The highest BCUT2D eigenvalue weighted by atomic mass is 32.2. The number of carbonyl (C=O) groups is 1. The summed E-state index contributed by atoms with van der Waals surface area (Å²) in [6.45, 7) is 1.58. The quantitative estimate of drug-likeness (QED) is 0.527. The van der Waals surface area contributed by atoms with Gasteiger partial charge in [-0.25, -0.2) is 9.97 Å². The van der Waals surface area contributed by atoms with E-state index in [0.29, 0.717) is 16.2 Å². The van der Waals surface area contributed by atoms with Gasteiger partial charge in [-0.2, -0.15) is 4.98 Å². The van der Waals surface area contributed by atoms with Crippen LogP contribution in [0.2, 0.25) is 0 Å². The van der Waals surface area contributed by atoms with Gasteiger partial charge in [0.2, 0.25) is 5.95 Å². The van der Waals surface area contributed by atoms with Crippen LogP contribution in [0.15, 0.2) is 11.4 Å². The standard InChI is InChI=1S/C8H9N5O2S/c1-3(7(14)15)16-6-4-5(11-2-10-4)12-8(9)13-6/h2-3H,1H3,(H,14,15)(H3,9,10,11,12,13)/t3-/m1/s1. The maximum Gasteiger partial charge on any atom is 0.316 e. The average molecular weight is 239 g/mol. The van der Waals surface area contributed by atoms with Gasteiger partial charge in [-0.3, -0.25) is 4.79 Å². The van der Waals surface area contributed by atoms with E-state index in [1.54, 1.807) is 6.92 Å². The number of carboxylic acid groups (broad SMARTS) is 1. The predicted molar refractivity (Wildman–Crippen MR) is 59.1 cm³/mol. The molecular formula is C8H9N5O2S. The number of hydrogen-bond acceptors (Lipinski definition) is 6. The van der Waals surface area contributed by atoms with Crippen LogP contribution < -0.4 is 5.73 Å². The molecule has 2 aromatic heterocycles. The first-order valence-corrected chi connectivity index (χ1v) is 5.32. The maximum absolute atomic E-state index is 10.7. The maximum atomic E-state index is 10.7. The van der Waals surface area contributed by atoms with Crippen molar-refractivity contribution in [1.82, 2.24) is 19.9 Å². The van der Waals surface area contributed by atoms with E-state index in [1.165, 1.54) is 6.33 Å². The Morgan fingerprint density at radius 1 is 1.62 bits per heavy atom. The molecule has 0 spiro atoms. The van der Waals surface area contributed by atoms with Crippen molar-refractivity contribution in [2.24, 2.45) is 0 Å². The number of nitrogens with one attached hydrogen (secondary N) is 1. The number of carboxylic acids is 1. The van der Waals surface area contributed by atoms with E-state index in [-0.39, 0.29) is 5.95 Å². The largest absolute Gasteiger partial charge is 0.480 e. The summed E-state index contributed by atoms with van der Waals surface area (Å²) in [7, 11) is 0. The van der Waals surface area contributed by atoms with Crippen molar-refractivity contribution in [1.29, 1.82) is 0 Å². The first kappa shape index (κ1) is 10.7. The number of nitrogens with two attached hydrogens (primary N) is 1. The molecule has 2 heterocycles. The van der Waals surface area contributed by atoms with E-state index in [4.69, 9.17) is 10.8 Å². The molecular weight excluding hydrogens is 230 g/mol. The Balaban J connectivity index is 2.42. The molecule has 0 aliphatic heterocycles. The summed E-state index contributed by atoms with van der Waals surface area (Å²) in [5.41, 5.74) is 6.54. The number of aromatic amines is 1. The van der Waals surface area contributed by atoms with Crippen LogP contribution in [0.5, 0.6) is 0 Å². The second kappa shape index (κ2) is 3.97. The molecule has 2 aromatic rings. The fourth-order valence-corrected chi connectivity index (χ4v) is 1.98. The highest BCUT2D eigenvalue weighted by molar-refractivity contribution is 8.00. The number of fused-ring (bicyclic) bond motifs is 1. The van der Waals surface area contributed by atoms with Gasteiger partial charge in [0.1, 0.15) is 15.8 Å². The van der Waals surface area contributed by atoms with Crippen LogP contribution in [0.25, 0.3) is 11.2 Å². The number of anilines is 1. The van der Waals surface area contributed by atoms with Crippen molar-refractivity contribution in [3.8, 4) is 0 Å². The first-order chi connectivity index (χ1) is 7.58. The fourth-order valence-electron chi connectivity index (χ4n) is 1.13. The molecule has 0 unspecified atom stereocenters. The Morgan fingerprint density at radius 3 is 3.06 bits per heavy atom. The fraction of sp³-hybridized carbons (Fsp3) is 0.250. The van der Waals surface area contributed by atoms with Gasteiger partial charge < -0.3 is 15.8 Å². The molecule has 0 saturated heterocycles. The number of hydrogen-bond donors (Lipinski definition) is 3.